The Hall–Kier alpha value is -2.29. The van der Waals surface area contributed by atoms with Gasteiger partial charge in [0.1, 0.15) is 11.6 Å². The standard InChI is InChI=1S/C16H11BrClN3O/c17-12-5-7-13(8-6-12)20-10-11(9-19)16(22)21-15-4-2-1-3-14(15)18/h1-8,10,20H,(H,21,22)/b11-10-. The molecule has 0 bridgehead atoms. The summed E-state index contributed by atoms with van der Waals surface area (Å²) in [6.45, 7) is 0. The van der Waals surface area contributed by atoms with Crippen molar-refractivity contribution in [2.75, 3.05) is 10.6 Å². The summed E-state index contributed by atoms with van der Waals surface area (Å²) >= 11 is 9.30. The van der Waals surface area contributed by atoms with E-state index < -0.39 is 5.91 Å². The first-order chi connectivity index (χ1) is 10.6. The van der Waals surface area contributed by atoms with Crippen molar-refractivity contribution in [1.82, 2.24) is 0 Å². The second kappa shape index (κ2) is 7.64. The molecule has 0 radical (unpaired) electrons. The number of benzene rings is 2. The number of hydrogen-bond donors (Lipinski definition) is 2. The fraction of sp³-hybridized carbons (Fsp3) is 0. The summed E-state index contributed by atoms with van der Waals surface area (Å²) in [5.74, 6) is -0.528. The van der Waals surface area contributed by atoms with Gasteiger partial charge < -0.3 is 10.6 Å². The number of nitriles is 1. The summed E-state index contributed by atoms with van der Waals surface area (Å²) in [5, 5.41) is 15.0. The summed E-state index contributed by atoms with van der Waals surface area (Å²) < 4.78 is 0.944. The van der Waals surface area contributed by atoms with Crippen molar-refractivity contribution in [3.63, 3.8) is 0 Å². The molecule has 0 aliphatic heterocycles. The zero-order valence-corrected chi connectivity index (χ0v) is 13.6. The number of halogens is 2. The van der Waals surface area contributed by atoms with Gasteiger partial charge in [0.15, 0.2) is 0 Å². The van der Waals surface area contributed by atoms with Crippen LogP contribution in [0.2, 0.25) is 5.02 Å². The molecule has 2 rings (SSSR count). The molecule has 0 unspecified atom stereocenters. The van der Waals surface area contributed by atoms with E-state index in [1.165, 1.54) is 6.20 Å². The largest absolute Gasteiger partial charge is 0.360 e. The highest BCUT2D eigenvalue weighted by molar-refractivity contribution is 9.10. The van der Waals surface area contributed by atoms with Crippen LogP contribution in [-0.4, -0.2) is 5.91 Å². The normalized spacial score (nSPS) is 10.7. The number of nitrogens with zero attached hydrogens (tertiary/aromatic N) is 1. The Morgan fingerprint density at radius 1 is 1.18 bits per heavy atom. The van der Waals surface area contributed by atoms with E-state index in [1.807, 2.05) is 30.3 Å². The van der Waals surface area contributed by atoms with E-state index in [4.69, 9.17) is 16.9 Å². The van der Waals surface area contributed by atoms with Gasteiger partial charge in [-0.3, -0.25) is 4.79 Å². The Bertz CT molecular complexity index is 751. The van der Waals surface area contributed by atoms with E-state index in [0.29, 0.717) is 10.7 Å². The summed E-state index contributed by atoms with van der Waals surface area (Å²) in [5.41, 5.74) is 1.17. The molecule has 1 amide bonds. The van der Waals surface area contributed by atoms with Gasteiger partial charge in [-0.25, -0.2) is 0 Å². The molecule has 110 valence electrons. The van der Waals surface area contributed by atoms with Crippen LogP contribution in [0.5, 0.6) is 0 Å². The van der Waals surface area contributed by atoms with E-state index >= 15 is 0 Å². The minimum absolute atomic E-state index is 0.0529. The van der Waals surface area contributed by atoms with Crippen LogP contribution in [0.4, 0.5) is 11.4 Å². The maximum atomic E-state index is 12.1. The van der Waals surface area contributed by atoms with Gasteiger partial charge in [-0.2, -0.15) is 5.26 Å². The van der Waals surface area contributed by atoms with E-state index in [1.54, 1.807) is 24.3 Å². The van der Waals surface area contributed by atoms with Gasteiger partial charge in [-0.15, -0.1) is 0 Å². The van der Waals surface area contributed by atoms with Crippen molar-refractivity contribution in [3.05, 3.63) is 69.8 Å². The fourth-order valence-electron chi connectivity index (χ4n) is 1.60. The molecule has 4 nitrogen and oxygen atoms in total. The highest BCUT2D eigenvalue weighted by Crippen LogP contribution is 2.21. The number of rotatable bonds is 4. The molecule has 0 saturated heterocycles. The van der Waals surface area contributed by atoms with Crippen molar-refractivity contribution in [1.29, 1.82) is 5.26 Å². The molecular weight excluding hydrogens is 366 g/mol. The Morgan fingerprint density at radius 3 is 2.50 bits per heavy atom. The number of nitrogens with one attached hydrogen (secondary N) is 2. The summed E-state index contributed by atoms with van der Waals surface area (Å²) in [4.78, 5) is 12.1. The summed E-state index contributed by atoms with van der Waals surface area (Å²) in [6.07, 6.45) is 1.36. The van der Waals surface area contributed by atoms with Crippen LogP contribution in [0.1, 0.15) is 0 Å². The maximum Gasteiger partial charge on any atom is 0.267 e. The van der Waals surface area contributed by atoms with Gasteiger partial charge in [-0.1, -0.05) is 39.7 Å². The number of amides is 1. The number of anilines is 2. The van der Waals surface area contributed by atoms with Crippen LogP contribution in [0.15, 0.2) is 64.8 Å². The Labute approximate surface area is 141 Å². The van der Waals surface area contributed by atoms with E-state index in [-0.39, 0.29) is 5.57 Å². The predicted molar refractivity (Wildman–Crippen MR) is 91.5 cm³/mol. The molecular formula is C16H11BrClN3O. The monoisotopic (exact) mass is 375 g/mol. The number of para-hydroxylation sites is 1. The third-order valence-corrected chi connectivity index (χ3v) is 3.57. The average molecular weight is 377 g/mol. The average Bonchev–Trinajstić information content (AvgIpc) is 2.52. The molecule has 2 aromatic rings. The van der Waals surface area contributed by atoms with Crippen LogP contribution >= 0.6 is 27.5 Å². The highest BCUT2D eigenvalue weighted by Gasteiger charge is 2.10. The molecule has 0 heterocycles. The molecule has 0 saturated carbocycles. The van der Waals surface area contributed by atoms with E-state index in [9.17, 15) is 4.79 Å². The predicted octanol–water partition coefficient (Wildman–Crippen LogP) is 4.56. The Balaban J connectivity index is 2.09. The van der Waals surface area contributed by atoms with Gasteiger partial charge in [0.05, 0.1) is 10.7 Å². The molecule has 0 aliphatic carbocycles. The van der Waals surface area contributed by atoms with Crippen LogP contribution in [0.25, 0.3) is 0 Å². The minimum Gasteiger partial charge on any atom is -0.360 e. The summed E-state index contributed by atoms with van der Waals surface area (Å²) in [7, 11) is 0. The molecule has 2 aromatic carbocycles. The summed E-state index contributed by atoms with van der Waals surface area (Å²) in [6, 6.07) is 16.0. The van der Waals surface area contributed by atoms with E-state index in [2.05, 4.69) is 26.6 Å². The second-order valence-corrected chi connectivity index (χ2v) is 5.58. The lowest BCUT2D eigenvalue weighted by atomic mass is 10.2. The molecule has 0 spiro atoms. The molecule has 6 heteroatoms. The zero-order valence-electron chi connectivity index (χ0n) is 11.3. The smallest absolute Gasteiger partial charge is 0.267 e. The van der Waals surface area contributed by atoms with Crippen LogP contribution in [-0.2, 0) is 4.79 Å². The van der Waals surface area contributed by atoms with Gasteiger partial charge in [-0.05, 0) is 36.4 Å². The van der Waals surface area contributed by atoms with Crippen molar-refractivity contribution < 1.29 is 4.79 Å². The van der Waals surface area contributed by atoms with Gasteiger partial charge in [0.25, 0.3) is 5.91 Å². The van der Waals surface area contributed by atoms with Crippen molar-refractivity contribution in [2.24, 2.45) is 0 Å². The Kier molecular flexibility index (Phi) is 5.59. The SMILES string of the molecule is N#C/C(=C/Nc1ccc(Br)cc1)C(=O)Nc1ccccc1Cl. The van der Waals surface area contributed by atoms with Crippen molar-refractivity contribution in [3.8, 4) is 6.07 Å². The van der Waals surface area contributed by atoms with Crippen LogP contribution < -0.4 is 10.6 Å². The number of carbonyl (C=O) groups excluding carboxylic acids is 1. The zero-order chi connectivity index (χ0) is 15.9. The molecule has 0 fully saturated rings. The lowest BCUT2D eigenvalue weighted by molar-refractivity contribution is -0.112. The first kappa shape index (κ1) is 16.1. The fourth-order valence-corrected chi connectivity index (χ4v) is 2.05. The maximum absolute atomic E-state index is 12.1. The molecule has 2 N–H and O–H groups in total. The molecule has 0 aromatic heterocycles. The molecule has 0 aliphatic rings. The first-order valence-corrected chi connectivity index (χ1v) is 7.45. The van der Waals surface area contributed by atoms with Crippen molar-refractivity contribution in [2.45, 2.75) is 0 Å². The third-order valence-electron chi connectivity index (χ3n) is 2.71. The molecule has 22 heavy (non-hydrogen) atoms. The lowest BCUT2D eigenvalue weighted by Crippen LogP contribution is -2.14. The first-order valence-electron chi connectivity index (χ1n) is 6.28. The van der Waals surface area contributed by atoms with E-state index in [0.717, 1.165) is 10.2 Å². The lowest BCUT2D eigenvalue weighted by Gasteiger charge is -2.06. The minimum atomic E-state index is -0.528. The van der Waals surface area contributed by atoms with Gasteiger partial charge in [0.2, 0.25) is 0 Å². The van der Waals surface area contributed by atoms with Gasteiger partial charge in [0, 0.05) is 16.4 Å². The highest BCUT2D eigenvalue weighted by atomic mass is 79.9. The number of hydrogen-bond acceptors (Lipinski definition) is 3. The van der Waals surface area contributed by atoms with Crippen LogP contribution in [0.3, 0.4) is 0 Å². The number of carbonyl (C=O) groups is 1. The Morgan fingerprint density at radius 2 is 1.86 bits per heavy atom. The quantitative estimate of drug-likeness (QED) is 0.607. The second-order valence-electron chi connectivity index (χ2n) is 4.26. The van der Waals surface area contributed by atoms with Gasteiger partial charge >= 0.3 is 0 Å². The topological polar surface area (TPSA) is 64.9 Å². The van der Waals surface area contributed by atoms with Crippen LogP contribution in [0, 0.1) is 11.3 Å². The third kappa shape index (κ3) is 4.35. The molecule has 0 atom stereocenters. The van der Waals surface area contributed by atoms with Crippen molar-refractivity contribution >= 4 is 44.8 Å².